The zero-order valence-corrected chi connectivity index (χ0v) is 17.6. The van der Waals surface area contributed by atoms with E-state index < -0.39 is 0 Å². The third-order valence-electron chi connectivity index (χ3n) is 6.13. The van der Waals surface area contributed by atoms with Crippen LogP contribution in [-0.4, -0.2) is 54.2 Å². The van der Waals surface area contributed by atoms with Gasteiger partial charge in [0, 0.05) is 13.1 Å². The fourth-order valence-corrected chi connectivity index (χ4v) is 4.68. The normalized spacial score (nSPS) is 32.0. The van der Waals surface area contributed by atoms with Crippen molar-refractivity contribution in [3.8, 4) is 0 Å². The smallest absolute Gasteiger partial charge is 0.410 e. The maximum absolute atomic E-state index is 13.2. The summed E-state index contributed by atoms with van der Waals surface area (Å²) in [4.78, 5) is 17.5. The van der Waals surface area contributed by atoms with Gasteiger partial charge in [-0.1, -0.05) is 29.9 Å². The van der Waals surface area contributed by atoms with Crippen LogP contribution < -0.4 is 0 Å². The molecule has 3 saturated heterocycles. The topological polar surface area (TPSA) is 32.8 Å². The molecule has 4 nitrogen and oxygen atoms in total. The van der Waals surface area contributed by atoms with E-state index in [0.29, 0.717) is 12.5 Å². The number of fused-ring (bicyclic) bond motifs is 3. The summed E-state index contributed by atoms with van der Waals surface area (Å²) in [6, 6.07) is -0.0759. The molecular weight excluding hydrogens is 356 g/mol. The van der Waals surface area contributed by atoms with Gasteiger partial charge >= 0.3 is 6.09 Å². The molecule has 0 N–H and O–H groups in total. The van der Waals surface area contributed by atoms with Gasteiger partial charge in [-0.3, -0.25) is 9.80 Å². The number of amides is 1. The molecular formula is C22H32N2O2S. The molecule has 0 aliphatic carbocycles. The number of nitrogens with zero attached hydrogens (tertiary/aromatic N) is 2. The Morgan fingerprint density at radius 2 is 2.00 bits per heavy atom. The highest BCUT2D eigenvalue weighted by Gasteiger charge is 2.39. The molecule has 4 aliphatic rings. The van der Waals surface area contributed by atoms with Crippen molar-refractivity contribution in [2.75, 3.05) is 26.2 Å². The van der Waals surface area contributed by atoms with E-state index in [1.54, 1.807) is 5.41 Å². The van der Waals surface area contributed by atoms with Crippen molar-refractivity contribution in [2.24, 2.45) is 5.92 Å². The highest BCUT2D eigenvalue weighted by molar-refractivity contribution is 7.83. The van der Waals surface area contributed by atoms with E-state index in [1.165, 1.54) is 11.1 Å². The van der Waals surface area contributed by atoms with Crippen molar-refractivity contribution < 1.29 is 9.53 Å². The predicted octanol–water partition coefficient (Wildman–Crippen LogP) is 4.57. The van der Waals surface area contributed by atoms with Crippen LogP contribution >= 0.6 is 12.6 Å². The zero-order valence-electron chi connectivity index (χ0n) is 16.7. The summed E-state index contributed by atoms with van der Waals surface area (Å²) in [5.41, 5.74) is 3.67. The number of hydrogen-bond donors (Lipinski definition) is 1. The van der Waals surface area contributed by atoms with Gasteiger partial charge in [0.2, 0.25) is 0 Å². The van der Waals surface area contributed by atoms with E-state index in [4.69, 9.17) is 4.74 Å². The molecule has 2 bridgehead atoms. The molecule has 0 aromatic rings. The lowest BCUT2D eigenvalue weighted by molar-refractivity contribution is -0.0451. The van der Waals surface area contributed by atoms with Crippen LogP contribution in [0.25, 0.3) is 0 Å². The van der Waals surface area contributed by atoms with E-state index >= 15 is 0 Å². The quantitative estimate of drug-likeness (QED) is 0.565. The van der Waals surface area contributed by atoms with Crippen LogP contribution in [0.5, 0.6) is 0 Å². The Kier molecular flexibility index (Phi) is 6.88. The minimum Gasteiger partial charge on any atom is -0.444 e. The Balaban J connectivity index is 1.82. The summed E-state index contributed by atoms with van der Waals surface area (Å²) in [6.07, 6.45) is 11.2. The summed E-state index contributed by atoms with van der Waals surface area (Å²) < 4.78 is 6.05. The molecule has 0 spiro atoms. The lowest BCUT2D eigenvalue weighted by Gasteiger charge is -2.45. The lowest BCUT2D eigenvalue weighted by atomic mass is 9.86. The molecule has 5 heteroatoms. The number of hydrogen-bond acceptors (Lipinski definition) is 4. The Bertz CT molecular complexity index is 672. The van der Waals surface area contributed by atoms with Crippen LogP contribution in [0, 0.1) is 5.92 Å². The zero-order chi connectivity index (χ0) is 19.4. The van der Waals surface area contributed by atoms with E-state index in [9.17, 15) is 4.79 Å². The van der Waals surface area contributed by atoms with Crippen LogP contribution in [0.1, 0.15) is 40.0 Å². The number of carbonyl (C=O) groups excluding carboxylic acids is 1. The molecule has 4 aliphatic heterocycles. The molecule has 4 heterocycles. The van der Waals surface area contributed by atoms with E-state index in [1.807, 2.05) is 24.0 Å². The average molecular weight is 389 g/mol. The van der Waals surface area contributed by atoms with Crippen LogP contribution in [0.3, 0.4) is 0 Å². The van der Waals surface area contributed by atoms with E-state index in [-0.39, 0.29) is 18.2 Å². The predicted molar refractivity (Wildman–Crippen MR) is 114 cm³/mol. The van der Waals surface area contributed by atoms with Crippen LogP contribution in [0.4, 0.5) is 4.79 Å². The van der Waals surface area contributed by atoms with Crippen LogP contribution in [-0.2, 0) is 4.74 Å². The number of allylic oxidation sites excluding steroid dienone is 3. The molecule has 1 amide bonds. The van der Waals surface area contributed by atoms with Gasteiger partial charge in [0.1, 0.15) is 6.10 Å². The number of rotatable bonds is 4. The number of carbonyl (C=O) groups is 1. The molecule has 3 fully saturated rings. The third kappa shape index (κ3) is 4.52. The van der Waals surface area contributed by atoms with Crippen molar-refractivity contribution in [3.63, 3.8) is 0 Å². The van der Waals surface area contributed by atoms with Gasteiger partial charge in [-0.15, -0.1) is 0 Å². The standard InChI is InChI=1S/C22H32N2O2S/c1-4-6-19-16(2)8-13-24(21(19)17(3)7-5-14-27)22(25)26-20-15-23-11-9-18(20)10-12-23/h4-7,14,18,20-21,27H,8-13,15H2,1-3H3/b6-4-,14-5-,17-7+. The highest BCUT2D eigenvalue weighted by atomic mass is 32.1. The average Bonchev–Trinajstić information content (AvgIpc) is 2.68. The van der Waals surface area contributed by atoms with Gasteiger partial charge in [0.15, 0.2) is 0 Å². The maximum atomic E-state index is 13.2. The Morgan fingerprint density at radius 3 is 2.59 bits per heavy atom. The van der Waals surface area contributed by atoms with Gasteiger partial charge in [0.25, 0.3) is 0 Å². The second-order valence-electron chi connectivity index (χ2n) is 7.89. The molecule has 0 radical (unpaired) electrons. The van der Waals surface area contributed by atoms with Crippen molar-refractivity contribution in [3.05, 3.63) is 46.4 Å². The molecule has 0 aromatic carbocycles. The van der Waals surface area contributed by atoms with E-state index in [2.05, 4.69) is 43.5 Å². The van der Waals surface area contributed by atoms with Crippen molar-refractivity contribution in [1.82, 2.24) is 9.80 Å². The fraction of sp³-hybridized carbons (Fsp3) is 0.591. The second kappa shape index (κ2) is 9.16. The highest BCUT2D eigenvalue weighted by Crippen LogP contribution is 2.33. The molecule has 0 aromatic heterocycles. The largest absolute Gasteiger partial charge is 0.444 e. The minimum atomic E-state index is -0.171. The van der Waals surface area contributed by atoms with Crippen molar-refractivity contribution in [1.29, 1.82) is 0 Å². The summed E-state index contributed by atoms with van der Waals surface area (Å²) in [5.74, 6) is 0.526. The molecule has 0 saturated carbocycles. The Hall–Kier alpha value is -1.46. The third-order valence-corrected chi connectivity index (χ3v) is 6.30. The van der Waals surface area contributed by atoms with Crippen LogP contribution in [0.15, 0.2) is 46.4 Å². The summed E-state index contributed by atoms with van der Waals surface area (Å²) >= 11 is 4.16. The first kappa shape index (κ1) is 20.3. The SMILES string of the molecule is C/C=C\C1=C(C)CCN(C(=O)OC2CN3CCC2CC3)C1/C(C)=C/C=C\S. The summed E-state index contributed by atoms with van der Waals surface area (Å²) in [6.45, 7) is 10.2. The maximum Gasteiger partial charge on any atom is 0.410 e. The molecule has 148 valence electrons. The van der Waals surface area contributed by atoms with Gasteiger partial charge in [-0.25, -0.2) is 4.79 Å². The van der Waals surface area contributed by atoms with Gasteiger partial charge < -0.3 is 4.74 Å². The second-order valence-corrected chi connectivity index (χ2v) is 8.19. The first-order chi connectivity index (χ1) is 13.0. The number of piperidine rings is 3. The molecule has 2 unspecified atom stereocenters. The molecule has 2 atom stereocenters. The molecule has 27 heavy (non-hydrogen) atoms. The van der Waals surface area contributed by atoms with E-state index in [0.717, 1.165) is 44.5 Å². The summed E-state index contributed by atoms with van der Waals surface area (Å²) in [5, 5.41) is 1.72. The lowest BCUT2D eigenvalue weighted by Crippen LogP contribution is -2.54. The minimum absolute atomic E-state index is 0.0412. The van der Waals surface area contributed by atoms with Gasteiger partial charge in [-0.2, -0.15) is 12.6 Å². The van der Waals surface area contributed by atoms with Crippen LogP contribution in [0.2, 0.25) is 0 Å². The number of thiol groups is 1. The van der Waals surface area contributed by atoms with Crippen molar-refractivity contribution >= 4 is 18.7 Å². The van der Waals surface area contributed by atoms with Crippen molar-refractivity contribution in [2.45, 2.75) is 52.2 Å². The Morgan fingerprint density at radius 1 is 1.26 bits per heavy atom. The number of ether oxygens (including phenoxy) is 1. The first-order valence-electron chi connectivity index (χ1n) is 10.0. The van der Waals surface area contributed by atoms with Gasteiger partial charge in [0.05, 0.1) is 6.04 Å². The summed E-state index contributed by atoms with van der Waals surface area (Å²) in [7, 11) is 0. The Labute approximate surface area is 169 Å². The van der Waals surface area contributed by atoms with Gasteiger partial charge in [-0.05, 0) is 75.6 Å². The first-order valence-corrected chi connectivity index (χ1v) is 10.6. The monoisotopic (exact) mass is 388 g/mol. The fourth-order valence-electron chi connectivity index (χ4n) is 4.59. The molecule has 4 rings (SSSR count).